The van der Waals surface area contributed by atoms with Crippen molar-refractivity contribution in [3.05, 3.63) is 20.3 Å². The average molecular weight is 594 g/mol. The number of carboxylic acids is 2. The minimum absolute atomic E-state index is 0. The topological polar surface area (TPSA) is 80.3 Å². The van der Waals surface area contributed by atoms with E-state index < -0.39 is 11.9 Å². The Morgan fingerprint density at radius 1 is 0.923 bits per heavy atom. The van der Waals surface area contributed by atoms with E-state index in [0.29, 0.717) is 0 Å². The maximum absolute atomic E-state index is 9.40. The maximum atomic E-state index is 9.40. The van der Waals surface area contributed by atoms with Gasteiger partial charge in [-0.05, 0) is 20.3 Å². The molecule has 0 bridgehead atoms. The van der Waals surface area contributed by atoms with Gasteiger partial charge in [-0.3, -0.25) is 0 Å². The summed E-state index contributed by atoms with van der Waals surface area (Å²) in [6, 6.07) is 0. The van der Waals surface area contributed by atoms with E-state index in [2.05, 4.69) is 0 Å². The summed E-state index contributed by atoms with van der Waals surface area (Å²) >= 11 is 3.60. The summed E-state index contributed by atoms with van der Waals surface area (Å²) in [5.74, 6) is -2.30. The Kier molecular flexibility index (Phi) is 22.8. The molecular weight excluding hydrogens is 590 g/mol. The minimum atomic E-state index is -1.15. The Balaban J connectivity index is -0.000000143. The van der Waals surface area contributed by atoms with Crippen LogP contribution in [0.1, 0.15) is 0 Å². The Bertz CT molecular complexity index is 181. The SMILES string of the molecule is O=C([O-])C=CI.O=C([O-])C=CI.[Hg+2]. The van der Waals surface area contributed by atoms with Gasteiger partial charge in [0, 0.05) is 0 Å². The first-order chi connectivity index (χ1) is 5.54. The number of carbonyl (C=O) groups excluding carboxylic acids is 2. The summed E-state index contributed by atoms with van der Waals surface area (Å²) < 4.78 is 2.76. The first kappa shape index (κ1) is 19.4. The van der Waals surface area contributed by atoms with Crippen molar-refractivity contribution in [1.82, 2.24) is 0 Å². The van der Waals surface area contributed by atoms with Crippen LogP contribution < -0.4 is 10.2 Å². The molecule has 0 unspecified atom stereocenters. The molecule has 0 heterocycles. The summed E-state index contributed by atoms with van der Waals surface area (Å²) in [4.78, 5) is 18.8. The smallest absolute Gasteiger partial charge is 0.545 e. The fourth-order valence-corrected chi connectivity index (χ4v) is 0.690. The van der Waals surface area contributed by atoms with E-state index in [-0.39, 0.29) is 27.7 Å². The molecule has 0 aromatic carbocycles. The molecule has 0 saturated heterocycles. The van der Waals surface area contributed by atoms with Gasteiger partial charge in [-0.1, -0.05) is 45.2 Å². The molecule has 0 spiro atoms. The quantitative estimate of drug-likeness (QED) is 0.243. The second kappa shape index (κ2) is 15.3. The molecular formula is C6H4HgI2O4. The monoisotopic (exact) mass is 596 g/mol. The van der Waals surface area contributed by atoms with E-state index in [9.17, 15) is 19.8 Å². The van der Waals surface area contributed by atoms with E-state index in [1.807, 2.05) is 0 Å². The number of carbonyl (C=O) groups is 2. The molecule has 0 amide bonds. The molecule has 4 nitrogen and oxygen atoms in total. The van der Waals surface area contributed by atoms with Gasteiger partial charge < -0.3 is 19.8 Å². The van der Waals surface area contributed by atoms with Gasteiger partial charge in [0.25, 0.3) is 0 Å². The molecule has 68 valence electrons. The van der Waals surface area contributed by atoms with Crippen LogP contribution in [0.15, 0.2) is 20.3 Å². The third-order valence-electron chi connectivity index (χ3n) is 0.398. The van der Waals surface area contributed by atoms with E-state index in [4.69, 9.17) is 0 Å². The van der Waals surface area contributed by atoms with Gasteiger partial charge >= 0.3 is 27.7 Å². The van der Waals surface area contributed by atoms with E-state index in [0.717, 1.165) is 12.2 Å². The van der Waals surface area contributed by atoms with Gasteiger partial charge in [0.15, 0.2) is 0 Å². The molecule has 0 aromatic rings. The third kappa shape index (κ3) is 32.3. The van der Waals surface area contributed by atoms with Crippen LogP contribution in [0.2, 0.25) is 0 Å². The summed E-state index contributed by atoms with van der Waals surface area (Å²) in [5.41, 5.74) is 0. The summed E-state index contributed by atoms with van der Waals surface area (Å²) in [5, 5.41) is 18.8. The number of aliphatic carboxylic acids is 2. The number of halogens is 2. The Morgan fingerprint density at radius 2 is 1.15 bits per heavy atom. The van der Waals surface area contributed by atoms with Crippen LogP contribution in [0.25, 0.3) is 0 Å². The van der Waals surface area contributed by atoms with Crippen LogP contribution in [-0.2, 0) is 37.3 Å². The zero-order valence-corrected chi connectivity index (χ0v) is 16.2. The van der Waals surface area contributed by atoms with Gasteiger partial charge in [0.2, 0.25) is 0 Å². The Labute approximate surface area is 123 Å². The minimum Gasteiger partial charge on any atom is -0.545 e. The standard InChI is InChI=1S/2C3H3IO2.Hg/c2*4-2-1-3(5)6;/h2*1-2H,(H,5,6);/q;;+2/p-2. The molecule has 13 heavy (non-hydrogen) atoms. The van der Waals surface area contributed by atoms with Gasteiger partial charge in [0.05, 0.1) is 11.9 Å². The number of rotatable bonds is 2. The zero-order valence-electron chi connectivity index (χ0n) is 6.41. The van der Waals surface area contributed by atoms with Crippen LogP contribution in [0.3, 0.4) is 0 Å². The number of hydrogen-bond acceptors (Lipinski definition) is 4. The molecule has 0 aliphatic heterocycles. The van der Waals surface area contributed by atoms with Crippen LogP contribution in [0.5, 0.6) is 0 Å². The first-order valence-electron chi connectivity index (χ1n) is 2.50. The number of hydrogen-bond donors (Lipinski definition) is 0. The van der Waals surface area contributed by atoms with Crippen molar-refractivity contribution in [2.24, 2.45) is 0 Å². The van der Waals surface area contributed by atoms with Crippen molar-refractivity contribution < 1.29 is 47.5 Å². The molecule has 0 aliphatic carbocycles. The molecule has 0 N–H and O–H groups in total. The molecule has 0 saturated carbocycles. The van der Waals surface area contributed by atoms with E-state index >= 15 is 0 Å². The maximum Gasteiger partial charge on any atom is 2.00 e. The molecule has 0 aliphatic rings. The summed E-state index contributed by atoms with van der Waals surface area (Å²) in [7, 11) is 0. The van der Waals surface area contributed by atoms with Crippen molar-refractivity contribution in [3.63, 3.8) is 0 Å². The van der Waals surface area contributed by atoms with E-state index in [1.165, 1.54) is 8.17 Å². The van der Waals surface area contributed by atoms with Crippen molar-refractivity contribution >= 4 is 57.1 Å². The van der Waals surface area contributed by atoms with Crippen molar-refractivity contribution in [1.29, 1.82) is 0 Å². The van der Waals surface area contributed by atoms with Gasteiger partial charge in [-0.25, -0.2) is 0 Å². The van der Waals surface area contributed by atoms with Crippen LogP contribution >= 0.6 is 45.2 Å². The van der Waals surface area contributed by atoms with Crippen LogP contribution in [-0.4, -0.2) is 11.9 Å². The Hall–Kier alpha value is 0.815. The zero-order chi connectivity index (χ0) is 9.98. The third-order valence-corrected chi connectivity index (χ3v) is 1.12. The Morgan fingerprint density at radius 3 is 1.15 bits per heavy atom. The molecule has 0 rings (SSSR count). The van der Waals surface area contributed by atoms with E-state index in [1.54, 1.807) is 45.2 Å². The van der Waals surface area contributed by atoms with Crippen molar-refractivity contribution in [2.45, 2.75) is 0 Å². The fourth-order valence-electron chi connectivity index (χ4n) is 0.103. The molecule has 0 atom stereocenters. The summed E-state index contributed by atoms with van der Waals surface area (Å²) in [6.45, 7) is 0. The second-order valence-electron chi connectivity index (χ2n) is 1.22. The predicted molar refractivity (Wildman–Crippen MR) is 56.3 cm³/mol. The largest absolute Gasteiger partial charge is 2.00 e. The normalized spacial score (nSPS) is 8.77. The fraction of sp³-hybridized carbons (Fsp3) is 0. The van der Waals surface area contributed by atoms with Gasteiger partial charge in [-0.2, -0.15) is 0 Å². The first-order valence-corrected chi connectivity index (χ1v) is 4.99. The van der Waals surface area contributed by atoms with Gasteiger partial charge in [0.1, 0.15) is 0 Å². The van der Waals surface area contributed by atoms with Crippen molar-refractivity contribution in [3.8, 4) is 0 Å². The molecule has 0 radical (unpaired) electrons. The van der Waals surface area contributed by atoms with Gasteiger partial charge in [-0.15, -0.1) is 0 Å². The summed E-state index contributed by atoms with van der Waals surface area (Å²) in [6.07, 6.45) is 1.92. The molecule has 7 heteroatoms. The number of carboxylic acid groups (broad SMARTS) is 2. The van der Waals surface area contributed by atoms with Crippen molar-refractivity contribution in [2.75, 3.05) is 0 Å². The average Bonchev–Trinajstić information content (AvgIpc) is 1.87. The van der Waals surface area contributed by atoms with Crippen LogP contribution in [0.4, 0.5) is 0 Å². The second-order valence-corrected chi connectivity index (χ2v) is 2.66. The van der Waals surface area contributed by atoms with Crippen LogP contribution in [0, 0.1) is 0 Å². The molecule has 0 aromatic heterocycles. The predicted octanol–water partition coefficient (Wildman–Crippen LogP) is -0.632. The molecule has 0 fully saturated rings.